The molecule has 0 aromatic carbocycles. The Hall–Kier alpha value is -1.14. The zero-order valence-corrected chi connectivity index (χ0v) is 13.7. The minimum absolute atomic E-state index is 0.390. The Bertz CT molecular complexity index is 499. The molecule has 2 N–H and O–H groups in total. The van der Waals surface area contributed by atoms with Gasteiger partial charge in [0.15, 0.2) is 5.16 Å². The summed E-state index contributed by atoms with van der Waals surface area (Å²) < 4.78 is 0. The summed E-state index contributed by atoms with van der Waals surface area (Å²) in [5.41, 5.74) is 1.12. The lowest BCUT2D eigenvalue weighted by Gasteiger charge is -2.26. The van der Waals surface area contributed by atoms with Gasteiger partial charge in [-0.2, -0.15) is 0 Å². The number of thioether (sulfide) groups is 1. The highest BCUT2D eigenvalue weighted by Crippen LogP contribution is 2.26. The number of nitrogens with one attached hydrogen (secondary N) is 1. The highest BCUT2D eigenvalue weighted by atomic mass is 32.2. The smallest absolute Gasteiger partial charge is 0.323 e. The van der Waals surface area contributed by atoms with E-state index in [1.165, 1.54) is 0 Å². The number of aliphatic carboxylic acids is 1. The van der Waals surface area contributed by atoms with Gasteiger partial charge in [-0.1, -0.05) is 11.8 Å². The van der Waals surface area contributed by atoms with Crippen LogP contribution in [0.4, 0.5) is 0 Å². The number of hydrogen-bond acceptors (Lipinski definition) is 5. The second kappa shape index (κ2) is 6.75. The minimum atomic E-state index is -0.814. The highest BCUT2D eigenvalue weighted by molar-refractivity contribution is 7.99. The van der Waals surface area contributed by atoms with Crippen molar-refractivity contribution in [3.05, 3.63) is 17.5 Å². The van der Waals surface area contributed by atoms with Gasteiger partial charge in [0.25, 0.3) is 0 Å². The third-order valence-electron chi connectivity index (χ3n) is 3.59. The first-order valence-electron chi connectivity index (χ1n) is 7.35. The number of carboxylic acids is 1. The molecule has 1 aromatic heterocycles. The molecular formula is C15H23N3O2S. The van der Waals surface area contributed by atoms with Gasteiger partial charge in [0, 0.05) is 23.2 Å². The van der Waals surface area contributed by atoms with Gasteiger partial charge in [-0.05, 0) is 52.5 Å². The summed E-state index contributed by atoms with van der Waals surface area (Å²) in [6, 6.07) is 2.34. The SMILES string of the molecule is Cc1cc(C)nc(SCCCC(C)(NC2CC2)C(=O)O)n1. The van der Waals surface area contributed by atoms with E-state index in [1.54, 1.807) is 18.7 Å². The van der Waals surface area contributed by atoms with Crippen molar-refractivity contribution in [2.24, 2.45) is 0 Å². The molecule has 1 saturated carbocycles. The van der Waals surface area contributed by atoms with Crippen molar-refractivity contribution in [2.75, 3.05) is 5.75 Å². The average molecular weight is 309 g/mol. The number of aryl methyl sites for hydroxylation is 2. The van der Waals surface area contributed by atoms with E-state index in [-0.39, 0.29) is 0 Å². The number of aromatic nitrogens is 2. The Labute approximate surface area is 130 Å². The number of nitrogens with zero attached hydrogens (tertiary/aromatic N) is 2. The molecule has 21 heavy (non-hydrogen) atoms. The maximum atomic E-state index is 11.4. The van der Waals surface area contributed by atoms with Crippen LogP contribution in [0.15, 0.2) is 11.2 Å². The first kappa shape index (κ1) is 16.2. The summed E-state index contributed by atoms with van der Waals surface area (Å²) in [6.07, 6.45) is 3.63. The number of hydrogen-bond donors (Lipinski definition) is 2. The van der Waals surface area contributed by atoms with E-state index in [2.05, 4.69) is 15.3 Å². The molecule has 116 valence electrons. The fourth-order valence-electron chi connectivity index (χ4n) is 2.27. The normalized spacial score (nSPS) is 17.5. The Morgan fingerprint density at radius 3 is 2.57 bits per heavy atom. The average Bonchev–Trinajstić information content (AvgIpc) is 3.17. The van der Waals surface area contributed by atoms with E-state index in [9.17, 15) is 9.90 Å². The third-order valence-corrected chi connectivity index (χ3v) is 4.52. The summed E-state index contributed by atoms with van der Waals surface area (Å²) >= 11 is 1.59. The van der Waals surface area contributed by atoms with E-state index in [4.69, 9.17) is 0 Å². The van der Waals surface area contributed by atoms with Gasteiger partial charge in [-0.3, -0.25) is 10.1 Å². The van der Waals surface area contributed by atoms with E-state index < -0.39 is 11.5 Å². The van der Waals surface area contributed by atoms with Crippen LogP contribution in [0, 0.1) is 13.8 Å². The molecule has 2 rings (SSSR count). The topological polar surface area (TPSA) is 75.1 Å². The fraction of sp³-hybridized carbons (Fsp3) is 0.667. The van der Waals surface area contributed by atoms with Gasteiger partial charge in [-0.15, -0.1) is 0 Å². The largest absolute Gasteiger partial charge is 0.480 e. The van der Waals surface area contributed by atoms with E-state index >= 15 is 0 Å². The summed E-state index contributed by atoms with van der Waals surface area (Å²) in [6.45, 7) is 5.70. The Morgan fingerprint density at radius 1 is 1.43 bits per heavy atom. The van der Waals surface area contributed by atoms with Gasteiger partial charge < -0.3 is 5.11 Å². The van der Waals surface area contributed by atoms with Crippen molar-refractivity contribution in [3.8, 4) is 0 Å². The molecule has 1 fully saturated rings. The van der Waals surface area contributed by atoms with Gasteiger partial charge in [-0.25, -0.2) is 9.97 Å². The molecule has 0 spiro atoms. The van der Waals surface area contributed by atoms with Gasteiger partial charge in [0.2, 0.25) is 0 Å². The van der Waals surface area contributed by atoms with Crippen LogP contribution in [0.25, 0.3) is 0 Å². The predicted octanol–water partition coefficient (Wildman–Crippen LogP) is 2.56. The van der Waals surface area contributed by atoms with Gasteiger partial charge >= 0.3 is 5.97 Å². The molecule has 0 saturated heterocycles. The van der Waals surface area contributed by atoms with Crippen LogP contribution in [0.1, 0.15) is 44.0 Å². The van der Waals surface area contributed by atoms with Gasteiger partial charge in [0.05, 0.1) is 0 Å². The second-order valence-corrected chi connectivity index (χ2v) is 7.00. The number of carboxylic acid groups (broad SMARTS) is 1. The lowest BCUT2D eigenvalue weighted by molar-refractivity contribution is -0.144. The third kappa shape index (κ3) is 4.97. The molecule has 0 radical (unpaired) electrons. The summed E-state index contributed by atoms with van der Waals surface area (Å²) in [5, 5.41) is 13.4. The quantitative estimate of drug-likeness (QED) is 0.437. The molecular weight excluding hydrogens is 286 g/mol. The van der Waals surface area contributed by atoms with Crippen LogP contribution in [0.2, 0.25) is 0 Å². The van der Waals surface area contributed by atoms with Crippen LogP contribution in [-0.2, 0) is 4.79 Å². The molecule has 1 unspecified atom stereocenters. The van der Waals surface area contributed by atoms with E-state index in [0.29, 0.717) is 12.5 Å². The number of rotatable bonds is 8. The molecule has 1 atom stereocenters. The van der Waals surface area contributed by atoms with Crippen LogP contribution >= 0.6 is 11.8 Å². The van der Waals surface area contributed by atoms with Crippen LogP contribution in [0.5, 0.6) is 0 Å². The standard InChI is InChI=1S/C15H23N3O2S/c1-10-9-11(2)17-14(16-10)21-8-4-7-15(3,13(19)20)18-12-5-6-12/h9,12,18H,4-8H2,1-3H3,(H,19,20). The molecule has 0 aliphatic heterocycles. The van der Waals surface area contributed by atoms with Crippen molar-refractivity contribution >= 4 is 17.7 Å². The van der Waals surface area contributed by atoms with Crippen LogP contribution in [0.3, 0.4) is 0 Å². The molecule has 0 bridgehead atoms. The molecule has 1 heterocycles. The van der Waals surface area contributed by atoms with E-state index in [1.807, 2.05) is 19.9 Å². The van der Waals surface area contributed by atoms with Crippen LogP contribution < -0.4 is 5.32 Å². The molecule has 5 nitrogen and oxygen atoms in total. The predicted molar refractivity (Wildman–Crippen MR) is 83.7 cm³/mol. The summed E-state index contributed by atoms with van der Waals surface area (Å²) in [7, 11) is 0. The van der Waals surface area contributed by atoms with Crippen LogP contribution in [-0.4, -0.2) is 38.4 Å². The van der Waals surface area contributed by atoms with Crippen molar-refractivity contribution < 1.29 is 9.90 Å². The Morgan fingerprint density at radius 2 is 2.05 bits per heavy atom. The first-order valence-corrected chi connectivity index (χ1v) is 8.34. The Kier molecular flexibility index (Phi) is 5.22. The maximum absolute atomic E-state index is 11.4. The molecule has 1 aromatic rings. The van der Waals surface area contributed by atoms with Crippen molar-refractivity contribution in [2.45, 2.75) is 63.2 Å². The zero-order valence-electron chi connectivity index (χ0n) is 12.8. The summed E-state index contributed by atoms with van der Waals surface area (Å²) in [5.74, 6) is 0.0695. The number of carbonyl (C=O) groups is 1. The zero-order chi connectivity index (χ0) is 15.5. The maximum Gasteiger partial charge on any atom is 0.323 e. The molecule has 0 amide bonds. The molecule has 1 aliphatic carbocycles. The second-order valence-electron chi connectivity index (χ2n) is 5.94. The van der Waals surface area contributed by atoms with Crippen molar-refractivity contribution in [3.63, 3.8) is 0 Å². The lowest BCUT2D eigenvalue weighted by atomic mass is 9.96. The highest BCUT2D eigenvalue weighted by Gasteiger charge is 2.37. The minimum Gasteiger partial charge on any atom is -0.480 e. The molecule has 1 aliphatic rings. The van der Waals surface area contributed by atoms with Crippen molar-refractivity contribution in [1.82, 2.24) is 15.3 Å². The fourth-order valence-corrected chi connectivity index (χ4v) is 3.15. The Balaban J connectivity index is 1.80. The summed E-state index contributed by atoms with van der Waals surface area (Å²) in [4.78, 5) is 20.2. The van der Waals surface area contributed by atoms with Crippen molar-refractivity contribution in [1.29, 1.82) is 0 Å². The van der Waals surface area contributed by atoms with Gasteiger partial charge in [0.1, 0.15) is 5.54 Å². The monoisotopic (exact) mass is 309 g/mol. The molecule has 6 heteroatoms. The van der Waals surface area contributed by atoms with E-state index in [0.717, 1.165) is 41.6 Å². The first-order chi connectivity index (χ1) is 9.89. The lowest BCUT2D eigenvalue weighted by Crippen LogP contribution is -2.50.